The number of rotatable bonds is 4. The standard InChI is InChI=1S/C9H7F2NO4/c1-5-6(4-13)2-3-7(16-9(10)11)8(5)12(14)15/h2-4,9H,1H3. The number of halogens is 2. The Morgan fingerprint density at radius 2 is 2.12 bits per heavy atom. The minimum Gasteiger partial charge on any atom is -0.427 e. The molecule has 0 fully saturated rings. The van der Waals surface area contributed by atoms with Crippen LogP contribution in [-0.4, -0.2) is 17.8 Å². The van der Waals surface area contributed by atoms with Gasteiger partial charge in [-0.15, -0.1) is 0 Å². The van der Waals surface area contributed by atoms with Crippen molar-refractivity contribution in [2.24, 2.45) is 0 Å². The number of aldehydes is 1. The number of carbonyl (C=O) groups excluding carboxylic acids is 1. The van der Waals surface area contributed by atoms with E-state index < -0.39 is 23.0 Å². The number of hydrogen-bond acceptors (Lipinski definition) is 4. The van der Waals surface area contributed by atoms with Gasteiger partial charge in [0.05, 0.1) is 4.92 Å². The summed E-state index contributed by atoms with van der Waals surface area (Å²) >= 11 is 0. The van der Waals surface area contributed by atoms with Gasteiger partial charge in [-0.3, -0.25) is 14.9 Å². The summed E-state index contributed by atoms with van der Waals surface area (Å²) in [5, 5.41) is 10.7. The second kappa shape index (κ2) is 4.65. The SMILES string of the molecule is Cc1c(C=O)ccc(OC(F)F)c1[N+](=O)[O-]. The van der Waals surface area contributed by atoms with Gasteiger partial charge >= 0.3 is 12.3 Å². The lowest BCUT2D eigenvalue weighted by atomic mass is 10.1. The molecule has 0 heterocycles. The van der Waals surface area contributed by atoms with Crippen molar-refractivity contribution in [3.63, 3.8) is 0 Å². The van der Waals surface area contributed by atoms with Gasteiger partial charge in [0.15, 0.2) is 6.29 Å². The second-order valence-electron chi connectivity index (χ2n) is 2.88. The van der Waals surface area contributed by atoms with Crippen molar-refractivity contribution < 1.29 is 23.2 Å². The molecule has 0 amide bonds. The van der Waals surface area contributed by atoms with E-state index in [0.29, 0.717) is 6.29 Å². The lowest BCUT2D eigenvalue weighted by molar-refractivity contribution is -0.387. The first-order chi connectivity index (χ1) is 7.47. The van der Waals surface area contributed by atoms with Gasteiger partial charge in [0.1, 0.15) is 0 Å². The average molecular weight is 231 g/mol. The number of nitrogens with zero attached hydrogens (tertiary/aromatic N) is 1. The molecule has 0 aromatic heterocycles. The maximum Gasteiger partial charge on any atom is 0.387 e. The van der Waals surface area contributed by atoms with Crippen molar-refractivity contribution in [1.82, 2.24) is 0 Å². The first-order valence-corrected chi connectivity index (χ1v) is 4.15. The van der Waals surface area contributed by atoms with Crippen LogP contribution in [0.5, 0.6) is 5.75 Å². The van der Waals surface area contributed by atoms with Crippen LogP contribution in [0.4, 0.5) is 14.5 Å². The Bertz CT molecular complexity index is 434. The molecule has 0 saturated carbocycles. The Kier molecular flexibility index (Phi) is 3.49. The van der Waals surface area contributed by atoms with Gasteiger partial charge in [-0.1, -0.05) is 0 Å². The lowest BCUT2D eigenvalue weighted by Gasteiger charge is -2.07. The van der Waals surface area contributed by atoms with Gasteiger partial charge in [0.2, 0.25) is 5.75 Å². The van der Waals surface area contributed by atoms with E-state index in [1.807, 2.05) is 0 Å². The fraction of sp³-hybridized carbons (Fsp3) is 0.222. The van der Waals surface area contributed by atoms with Crippen LogP contribution < -0.4 is 4.74 Å². The molecule has 0 aliphatic carbocycles. The predicted octanol–water partition coefficient (Wildman–Crippen LogP) is 2.32. The van der Waals surface area contributed by atoms with Gasteiger partial charge in [0, 0.05) is 11.1 Å². The molecule has 7 heteroatoms. The largest absolute Gasteiger partial charge is 0.427 e. The van der Waals surface area contributed by atoms with E-state index in [2.05, 4.69) is 4.74 Å². The molecule has 16 heavy (non-hydrogen) atoms. The molecule has 0 spiro atoms. The summed E-state index contributed by atoms with van der Waals surface area (Å²) in [6, 6.07) is 2.16. The monoisotopic (exact) mass is 231 g/mol. The molecular weight excluding hydrogens is 224 g/mol. The third kappa shape index (κ3) is 2.30. The highest BCUT2D eigenvalue weighted by Crippen LogP contribution is 2.33. The number of nitro groups is 1. The molecule has 0 radical (unpaired) electrons. The Labute approximate surface area is 88.8 Å². The summed E-state index contributed by atoms with van der Waals surface area (Å²) in [7, 11) is 0. The molecule has 0 unspecified atom stereocenters. The molecule has 0 aliphatic rings. The van der Waals surface area contributed by atoms with Crippen LogP contribution >= 0.6 is 0 Å². The predicted molar refractivity (Wildman–Crippen MR) is 49.9 cm³/mol. The molecular formula is C9H7F2NO4. The normalized spacial score (nSPS) is 10.2. The number of benzene rings is 1. The fourth-order valence-electron chi connectivity index (χ4n) is 1.24. The van der Waals surface area contributed by atoms with E-state index in [9.17, 15) is 23.7 Å². The summed E-state index contributed by atoms with van der Waals surface area (Å²) < 4.78 is 27.9. The van der Waals surface area contributed by atoms with Crippen LogP contribution in [0.3, 0.4) is 0 Å². The van der Waals surface area contributed by atoms with Crippen molar-refractivity contribution in [2.45, 2.75) is 13.5 Å². The number of ether oxygens (including phenoxy) is 1. The molecule has 0 N–H and O–H groups in total. The smallest absolute Gasteiger partial charge is 0.387 e. The molecule has 1 rings (SSSR count). The average Bonchev–Trinajstić information content (AvgIpc) is 2.16. The van der Waals surface area contributed by atoms with Crippen molar-refractivity contribution in [3.05, 3.63) is 33.4 Å². The van der Waals surface area contributed by atoms with E-state index in [-0.39, 0.29) is 11.1 Å². The summed E-state index contributed by atoms with van der Waals surface area (Å²) in [6.07, 6.45) is 0.411. The zero-order chi connectivity index (χ0) is 12.3. The quantitative estimate of drug-likeness (QED) is 0.453. The second-order valence-corrected chi connectivity index (χ2v) is 2.88. The van der Waals surface area contributed by atoms with Gasteiger partial charge in [-0.05, 0) is 19.1 Å². The van der Waals surface area contributed by atoms with Crippen LogP contribution in [0, 0.1) is 17.0 Å². The van der Waals surface area contributed by atoms with Gasteiger partial charge in [-0.25, -0.2) is 0 Å². The summed E-state index contributed by atoms with van der Waals surface area (Å²) in [5.74, 6) is -0.553. The molecule has 0 bridgehead atoms. The van der Waals surface area contributed by atoms with Crippen molar-refractivity contribution in [2.75, 3.05) is 0 Å². The maximum atomic E-state index is 12.0. The Morgan fingerprint density at radius 1 is 1.50 bits per heavy atom. The van der Waals surface area contributed by atoms with E-state index in [1.165, 1.54) is 13.0 Å². The highest BCUT2D eigenvalue weighted by molar-refractivity contribution is 5.80. The molecule has 1 aromatic carbocycles. The lowest BCUT2D eigenvalue weighted by Crippen LogP contribution is -2.06. The topological polar surface area (TPSA) is 69.4 Å². The van der Waals surface area contributed by atoms with Gasteiger partial charge in [0.25, 0.3) is 0 Å². The maximum absolute atomic E-state index is 12.0. The summed E-state index contributed by atoms with van der Waals surface area (Å²) in [5.41, 5.74) is -0.559. The third-order valence-corrected chi connectivity index (χ3v) is 1.96. The van der Waals surface area contributed by atoms with Crippen molar-refractivity contribution in [1.29, 1.82) is 0 Å². The number of alkyl halides is 2. The minimum absolute atomic E-state index is 0.00171. The number of hydrogen-bond donors (Lipinski definition) is 0. The minimum atomic E-state index is -3.15. The zero-order valence-corrected chi connectivity index (χ0v) is 8.15. The first kappa shape index (κ1) is 12.0. The molecule has 86 valence electrons. The number of carbonyl (C=O) groups is 1. The molecule has 0 aliphatic heterocycles. The molecule has 0 saturated heterocycles. The zero-order valence-electron chi connectivity index (χ0n) is 8.15. The molecule has 0 atom stereocenters. The number of nitro benzene ring substituents is 1. The third-order valence-electron chi connectivity index (χ3n) is 1.96. The van der Waals surface area contributed by atoms with E-state index in [4.69, 9.17) is 0 Å². The van der Waals surface area contributed by atoms with Crippen molar-refractivity contribution in [3.8, 4) is 5.75 Å². The highest BCUT2D eigenvalue weighted by Gasteiger charge is 2.23. The summed E-state index contributed by atoms with van der Waals surface area (Å²) in [6.45, 7) is -1.86. The highest BCUT2D eigenvalue weighted by atomic mass is 19.3. The van der Waals surface area contributed by atoms with E-state index in [0.717, 1.165) is 6.07 Å². The Morgan fingerprint density at radius 3 is 2.56 bits per heavy atom. The van der Waals surface area contributed by atoms with Crippen LogP contribution in [0.15, 0.2) is 12.1 Å². The van der Waals surface area contributed by atoms with Gasteiger partial charge < -0.3 is 4.74 Å². The first-order valence-electron chi connectivity index (χ1n) is 4.15. The van der Waals surface area contributed by atoms with Crippen LogP contribution in [0.1, 0.15) is 15.9 Å². The Hall–Kier alpha value is -2.05. The molecule has 1 aromatic rings. The summed E-state index contributed by atoms with van der Waals surface area (Å²) in [4.78, 5) is 20.3. The van der Waals surface area contributed by atoms with Gasteiger partial charge in [-0.2, -0.15) is 8.78 Å². The fourth-order valence-corrected chi connectivity index (χ4v) is 1.24. The molecule has 5 nitrogen and oxygen atoms in total. The van der Waals surface area contributed by atoms with Crippen LogP contribution in [0.25, 0.3) is 0 Å². The Balaban J connectivity index is 3.34. The van der Waals surface area contributed by atoms with Crippen LogP contribution in [0.2, 0.25) is 0 Å². The van der Waals surface area contributed by atoms with Crippen LogP contribution in [-0.2, 0) is 0 Å². The van der Waals surface area contributed by atoms with E-state index in [1.54, 1.807) is 0 Å². The van der Waals surface area contributed by atoms with Crippen molar-refractivity contribution >= 4 is 12.0 Å². The van der Waals surface area contributed by atoms with E-state index >= 15 is 0 Å².